The number of carbonyl (C=O) groups is 3. The van der Waals surface area contributed by atoms with Gasteiger partial charge in [-0.15, -0.1) is 0 Å². The van der Waals surface area contributed by atoms with Crippen LogP contribution in [0.2, 0.25) is 0 Å². The quantitative estimate of drug-likeness (QED) is 0.683. The maximum Gasteiger partial charge on any atom is 0.254 e. The first-order valence-electron chi connectivity index (χ1n) is 8.51. The van der Waals surface area contributed by atoms with Gasteiger partial charge in [-0.05, 0) is 50.7 Å². The van der Waals surface area contributed by atoms with Crippen molar-refractivity contribution in [3.05, 3.63) is 46.0 Å². The standard InChI is InChI=1S/C20H23NO3/c1-10(2)15-17(16(13-5-6-13)20(24)21-19(15)23)18(22)14-8-11(3)7-12(4)9-14/h7-10,13,16H,5-6H2,1-4H3,(H,21,23,24). The van der Waals surface area contributed by atoms with Crippen LogP contribution in [0.5, 0.6) is 0 Å². The molecule has 2 amide bonds. The van der Waals surface area contributed by atoms with Crippen molar-refractivity contribution in [3.63, 3.8) is 0 Å². The van der Waals surface area contributed by atoms with Gasteiger partial charge in [-0.3, -0.25) is 19.7 Å². The molecule has 0 spiro atoms. The Kier molecular flexibility index (Phi) is 4.16. The van der Waals surface area contributed by atoms with E-state index in [0.717, 1.165) is 24.0 Å². The van der Waals surface area contributed by atoms with E-state index in [4.69, 9.17) is 0 Å². The molecule has 1 fully saturated rings. The Morgan fingerprint density at radius 3 is 2.17 bits per heavy atom. The predicted molar refractivity (Wildman–Crippen MR) is 91.5 cm³/mol. The van der Waals surface area contributed by atoms with Gasteiger partial charge >= 0.3 is 0 Å². The molecule has 0 saturated heterocycles. The van der Waals surface area contributed by atoms with Crippen LogP contribution in [-0.4, -0.2) is 17.6 Å². The molecule has 3 rings (SSSR count). The summed E-state index contributed by atoms with van der Waals surface area (Å²) in [5.41, 5.74) is 3.45. The summed E-state index contributed by atoms with van der Waals surface area (Å²) in [6.07, 6.45) is 1.86. The fourth-order valence-corrected chi connectivity index (χ4v) is 3.66. The van der Waals surface area contributed by atoms with Crippen LogP contribution in [0.1, 0.15) is 48.2 Å². The Balaban J connectivity index is 2.17. The van der Waals surface area contributed by atoms with Gasteiger partial charge in [-0.2, -0.15) is 0 Å². The van der Waals surface area contributed by atoms with E-state index in [0.29, 0.717) is 16.7 Å². The molecule has 0 aromatic heterocycles. The summed E-state index contributed by atoms with van der Waals surface area (Å²) < 4.78 is 0. The van der Waals surface area contributed by atoms with Crippen molar-refractivity contribution in [2.24, 2.45) is 17.8 Å². The lowest BCUT2D eigenvalue weighted by atomic mass is 9.78. The largest absolute Gasteiger partial charge is 0.292 e. The van der Waals surface area contributed by atoms with E-state index in [-0.39, 0.29) is 23.5 Å². The summed E-state index contributed by atoms with van der Waals surface area (Å²) in [6, 6.07) is 5.67. The van der Waals surface area contributed by atoms with Gasteiger partial charge in [0.05, 0.1) is 5.92 Å². The first-order chi connectivity index (χ1) is 11.3. The zero-order valence-corrected chi connectivity index (χ0v) is 14.6. The van der Waals surface area contributed by atoms with Gasteiger partial charge in [0.1, 0.15) is 0 Å². The second kappa shape index (κ2) is 6.00. The fraction of sp³-hybridized carbons (Fsp3) is 0.450. The molecule has 1 saturated carbocycles. The zero-order valence-electron chi connectivity index (χ0n) is 14.6. The minimum atomic E-state index is -0.492. The normalized spacial score (nSPS) is 21.3. The van der Waals surface area contributed by atoms with Crippen molar-refractivity contribution >= 4 is 17.6 Å². The van der Waals surface area contributed by atoms with E-state index in [9.17, 15) is 14.4 Å². The van der Waals surface area contributed by atoms with Crippen molar-refractivity contribution in [1.82, 2.24) is 5.32 Å². The smallest absolute Gasteiger partial charge is 0.254 e. The van der Waals surface area contributed by atoms with Gasteiger partial charge in [0.2, 0.25) is 5.91 Å². The number of amides is 2. The Hall–Kier alpha value is -2.23. The number of benzene rings is 1. The van der Waals surface area contributed by atoms with E-state index in [1.165, 1.54) is 0 Å². The second-order valence-electron chi connectivity index (χ2n) is 7.32. The molecule has 1 aromatic carbocycles. The molecule has 0 bridgehead atoms. The van der Waals surface area contributed by atoms with Crippen LogP contribution < -0.4 is 5.32 Å². The maximum atomic E-state index is 13.3. The summed E-state index contributed by atoms with van der Waals surface area (Å²) in [5, 5.41) is 2.45. The van der Waals surface area contributed by atoms with Gasteiger partial charge in [0.25, 0.3) is 5.91 Å². The van der Waals surface area contributed by atoms with Crippen molar-refractivity contribution in [2.75, 3.05) is 0 Å². The SMILES string of the molecule is Cc1cc(C)cc(C(=O)C2=C(C(C)C)C(=O)NC(=O)C2C2CC2)c1. The Morgan fingerprint density at radius 2 is 1.67 bits per heavy atom. The molecule has 1 aliphatic carbocycles. The monoisotopic (exact) mass is 325 g/mol. The first kappa shape index (κ1) is 16.6. The highest BCUT2D eigenvalue weighted by atomic mass is 16.2. The number of aryl methyl sites for hydroxylation is 2. The Labute approximate surface area is 142 Å². The van der Waals surface area contributed by atoms with Crippen molar-refractivity contribution < 1.29 is 14.4 Å². The molecular formula is C20H23NO3. The molecule has 2 aliphatic rings. The number of hydrogen-bond acceptors (Lipinski definition) is 3. The van der Waals surface area contributed by atoms with E-state index in [1.54, 1.807) is 0 Å². The highest BCUT2D eigenvalue weighted by Gasteiger charge is 2.46. The van der Waals surface area contributed by atoms with Gasteiger partial charge < -0.3 is 0 Å². The molecule has 1 unspecified atom stereocenters. The van der Waals surface area contributed by atoms with Crippen molar-refractivity contribution in [3.8, 4) is 0 Å². The third-order valence-corrected chi connectivity index (χ3v) is 4.76. The molecule has 24 heavy (non-hydrogen) atoms. The molecule has 1 aliphatic heterocycles. The summed E-state index contributed by atoms with van der Waals surface area (Å²) in [6.45, 7) is 7.67. The van der Waals surface area contributed by atoms with E-state index in [2.05, 4.69) is 5.32 Å². The molecule has 1 heterocycles. The minimum Gasteiger partial charge on any atom is -0.292 e. The molecule has 1 N–H and O–H groups in total. The third kappa shape index (κ3) is 2.93. The van der Waals surface area contributed by atoms with Gasteiger partial charge in [0, 0.05) is 16.7 Å². The van der Waals surface area contributed by atoms with Crippen LogP contribution >= 0.6 is 0 Å². The lowest BCUT2D eigenvalue weighted by Crippen LogP contribution is -2.46. The zero-order chi connectivity index (χ0) is 17.6. The number of ketones is 1. The molecule has 4 heteroatoms. The molecule has 1 atom stereocenters. The number of hydrogen-bond donors (Lipinski definition) is 1. The number of Topliss-reactive ketones (excluding diaryl/α,β-unsaturated/α-hetero) is 1. The third-order valence-electron chi connectivity index (χ3n) is 4.76. The first-order valence-corrected chi connectivity index (χ1v) is 8.51. The van der Waals surface area contributed by atoms with Crippen LogP contribution in [0, 0.1) is 31.6 Å². The van der Waals surface area contributed by atoms with E-state index in [1.807, 2.05) is 45.9 Å². The highest BCUT2D eigenvalue weighted by Crippen LogP contribution is 2.44. The fourth-order valence-electron chi connectivity index (χ4n) is 3.66. The van der Waals surface area contributed by atoms with E-state index >= 15 is 0 Å². The number of rotatable bonds is 4. The van der Waals surface area contributed by atoms with Crippen LogP contribution in [0.25, 0.3) is 0 Å². The van der Waals surface area contributed by atoms with Gasteiger partial charge in [-0.1, -0.05) is 31.0 Å². The second-order valence-corrected chi connectivity index (χ2v) is 7.32. The molecule has 4 nitrogen and oxygen atoms in total. The molecule has 0 radical (unpaired) electrons. The molecule has 126 valence electrons. The lowest BCUT2D eigenvalue weighted by molar-refractivity contribution is -0.132. The average molecular weight is 325 g/mol. The van der Waals surface area contributed by atoms with Crippen LogP contribution in [0.3, 0.4) is 0 Å². The maximum absolute atomic E-state index is 13.3. The topological polar surface area (TPSA) is 63.2 Å². The van der Waals surface area contributed by atoms with Gasteiger partial charge in [-0.25, -0.2) is 0 Å². The summed E-state index contributed by atoms with van der Waals surface area (Å²) >= 11 is 0. The highest BCUT2D eigenvalue weighted by molar-refractivity contribution is 6.21. The summed E-state index contributed by atoms with van der Waals surface area (Å²) in [7, 11) is 0. The molecular weight excluding hydrogens is 302 g/mol. The number of carbonyl (C=O) groups excluding carboxylic acids is 3. The summed E-state index contributed by atoms with van der Waals surface area (Å²) in [5.74, 6) is -1.33. The average Bonchev–Trinajstić information content (AvgIpc) is 3.28. The lowest BCUT2D eigenvalue weighted by Gasteiger charge is -2.28. The van der Waals surface area contributed by atoms with Crippen LogP contribution in [0.4, 0.5) is 0 Å². The van der Waals surface area contributed by atoms with Crippen LogP contribution in [0.15, 0.2) is 29.3 Å². The number of nitrogens with one attached hydrogen (secondary N) is 1. The number of imide groups is 1. The van der Waals surface area contributed by atoms with Crippen LogP contribution in [-0.2, 0) is 9.59 Å². The minimum absolute atomic E-state index is 0.107. The Morgan fingerprint density at radius 1 is 1.08 bits per heavy atom. The Bertz CT molecular complexity index is 749. The van der Waals surface area contributed by atoms with E-state index < -0.39 is 11.8 Å². The van der Waals surface area contributed by atoms with Crippen molar-refractivity contribution in [1.29, 1.82) is 0 Å². The molecule has 1 aromatic rings. The van der Waals surface area contributed by atoms with Crippen molar-refractivity contribution in [2.45, 2.75) is 40.5 Å². The predicted octanol–water partition coefficient (Wildman–Crippen LogP) is 3.12. The van der Waals surface area contributed by atoms with Gasteiger partial charge in [0.15, 0.2) is 5.78 Å². The summed E-state index contributed by atoms with van der Waals surface area (Å²) in [4.78, 5) is 38.1.